The van der Waals surface area contributed by atoms with Gasteiger partial charge in [-0.3, -0.25) is 0 Å². The molecule has 3 aromatic rings. The first-order valence-electron chi connectivity index (χ1n) is 6.18. The van der Waals surface area contributed by atoms with Crippen molar-refractivity contribution in [3.8, 4) is 12.3 Å². The van der Waals surface area contributed by atoms with Crippen molar-refractivity contribution in [1.82, 2.24) is 15.0 Å². The zero-order valence-corrected chi connectivity index (χ0v) is 10.4. The van der Waals surface area contributed by atoms with Crippen LogP contribution < -0.4 is 0 Å². The highest BCUT2D eigenvalue weighted by Gasteiger charge is 2.13. The summed E-state index contributed by atoms with van der Waals surface area (Å²) in [5.74, 6) is 2.81. The molecular weight excluding hydrogens is 234 g/mol. The Kier molecular flexibility index (Phi) is 2.99. The second-order valence-corrected chi connectivity index (χ2v) is 4.39. The van der Waals surface area contributed by atoms with Crippen molar-refractivity contribution in [3.63, 3.8) is 0 Å². The predicted octanol–water partition coefficient (Wildman–Crippen LogP) is 2.85. The van der Waals surface area contributed by atoms with Gasteiger partial charge in [0.25, 0.3) is 0 Å². The zero-order chi connectivity index (χ0) is 13.1. The molecule has 0 saturated carbocycles. The van der Waals surface area contributed by atoms with Crippen molar-refractivity contribution in [2.75, 3.05) is 0 Å². The van der Waals surface area contributed by atoms with Crippen LogP contribution in [0.2, 0.25) is 0 Å². The Morgan fingerprint density at radius 1 is 1.05 bits per heavy atom. The van der Waals surface area contributed by atoms with Gasteiger partial charge in [-0.05, 0) is 17.7 Å². The van der Waals surface area contributed by atoms with Crippen LogP contribution in [-0.2, 0) is 6.42 Å². The molecule has 1 heterocycles. The van der Waals surface area contributed by atoms with Gasteiger partial charge in [-0.15, -0.1) is 11.5 Å². The summed E-state index contributed by atoms with van der Waals surface area (Å²) in [7, 11) is 0. The largest absolute Gasteiger partial charge is 0.229 e. The minimum Gasteiger partial charge on any atom is -0.229 e. The van der Waals surface area contributed by atoms with Crippen LogP contribution in [0.1, 0.15) is 11.6 Å². The van der Waals surface area contributed by atoms with E-state index < -0.39 is 0 Å². The molecule has 0 radical (unpaired) electrons. The van der Waals surface area contributed by atoms with E-state index in [9.17, 15) is 0 Å². The lowest BCUT2D eigenvalue weighted by Crippen LogP contribution is -2.11. The molecule has 0 N–H and O–H groups in total. The minimum absolute atomic E-state index is 0.116. The Hall–Kier alpha value is -2.60. The van der Waals surface area contributed by atoms with Gasteiger partial charge in [0.15, 0.2) is 0 Å². The summed E-state index contributed by atoms with van der Waals surface area (Å²) < 4.78 is 1.82. The fourth-order valence-corrected chi connectivity index (χ4v) is 2.17. The van der Waals surface area contributed by atoms with E-state index in [4.69, 9.17) is 6.42 Å². The average molecular weight is 247 g/mol. The van der Waals surface area contributed by atoms with Gasteiger partial charge in [0.1, 0.15) is 11.6 Å². The molecule has 1 atom stereocenters. The van der Waals surface area contributed by atoms with Crippen molar-refractivity contribution >= 4 is 11.0 Å². The van der Waals surface area contributed by atoms with Crippen molar-refractivity contribution in [1.29, 1.82) is 0 Å². The van der Waals surface area contributed by atoms with Crippen LogP contribution in [0.3, 0.4) is 0 Å². The smallest absolute Gasteiger partial charge is 0.118 e. The summed E-state index contributed by atoms with van der Waals surface area (Å²) in [4.78, 5) is 0. The Bertz CT molecular complexity index is 722. The van der Waals surface area contributed by atoms with Crippen LogP contribution in [0.25, 0.3) is 11.0 Å². The average Bonchev–Trinajstić information content (AvgIpc) is 2.90. The molecule has 3 heteroatoms. The van der Waals surface area contributed by atoms with Gasteiger partial charge in [0.2, 0.25) is 0 Å². The Morgan fingerprint density at radius 2 is 1.79 bits per heavy atom. The standard InChI is InChI=1S/C16H13N3/c1-2-14(12-13-8-4-3-5-9-13)19-16-11-7-6-10-15(16)17-18-19/h1,3-11,14H,12H2. The monoisotopic (exact) mass is 247 g/mol. The molecule has 0 bridgehead atoms. The van der Waals surface area contributed by atoms with Gasteiger partial charge >= 0.3 is 0 Å². The maximum atomic E-state index is 5.66. The second kappa shape index (κ2) is 4.95. The lowest BCUT2D eigenvalue weighted by molar-refractivity contribution is 0.548. The fourth-order valence-electron chi connectivity index (χ4n) is 2.17. The van der Waals surface area contributed by atoms with Crippen molar-refractivity contribution < 1.29 is 0 Å². The van der Waals surface area contributed by atoms with E-state index in [-0.39, 0.29) is 6.04 Å². The van der Waals surface area contributed by atoms with Crippen LogP contribution in [0, 0.1) is 12.3 Å². The number of benzene rings is 2. The van der Waals surface area contributed by atoms with Gasteiger partial charge in [-0.1, -0.05) is 53.6 Å². The maximum absolute atomic E-state index is 5.66. The van der Waals surface area contributed by atoms with E-state index in [1.807, 2.05) is 47.1 Å². The van der Waals surface area contributed by atoms with Gasteiger partial charge in [0.05, 0.1) is 5.52 Å². The molecule has 0 aliphatic rings. The predicted molar refractivity (Wildman–Crippen MR) is 75.5 cm³/mol. The lowest BCUT2D eigenvalue weighted by Gasteiger charge is -2.11. The molecular formula is C16H13N3. The molecule has 1 aromatic heterocycles. The molecule has 2 aromatic carbocycles. The van der Waals surface area contributed by atoms with Crippen LogP contribution in [0.4, 0.5) is 0 Å². The van der Waals surface area contributed by atoms with E-state index in [1.165, 1.54) is 5.56 Å². The van der Waals surface area contributed by atoms with Crippen molar-refractivity contribution in [3.05, 3.63) is 60.2 Å². The summed E-state index contributed by atoms with van der Waals surface area (Å²) >= 11 is 0. The normalized spacial score (nSPS) is 12.2. The first-order chi connectivity index (χ1) is 9.38. The Morgan fingerprint density at radius 3 is 2.58 bits per heavy atom. The Balaban J connectivity index is 1.97. The summed E-state index contributed by atoms with van der Waals surface area (Å²) in [6.45, 7) is 0. The first kappa shape index (κ1) is 11.5. The van der Waals surface area contributed by atoms with Crippen molar-refractivity contribution in [2.24, 2.45) is 0 Å². The number of rotatable bonds is 3. The molecule has 3 rings (SSSR count). The second-order valence-electron chi connectivity index (χ2n) is 4.39. The number of fused-ring (bicyclic) bond motifs is 1. The number of terminal acetylenes is 1. The van der Waals surface area contributed by atoms with Gasteiger partial charge in [-0.2, -0.15) is 0 Å². The molecule has 0 saturated heterocycles. The molecule has 0 fully saturated rings. The molecule has 92 valence electrons. The van der Waals surface area contributed by atoms with E-state index >= 15 is 0 Å². The third kappa shape index (κ3) is 2.21. The van der Waals surface area contributed by atoms with Crippen LogP contribution in [0.5, 0.6) is 0 Å². The highest BCUT2D eigenvalue weighted by molar-refractivity contribution is 5.74. The van der Waals surface area contributed by atoms with Crippen LogP contribution >= 0.6 is 0 Å². The van der Waals surface area contributed by atoms with E-state index in [0.29, 0.717) is 0 Å². The highest BCUT2D eigenvalue weighted by Crippen LogP contribution is 2.18. The fraction of sp³-hybridized carbons (Fsp3) is 0.125. The summed E-state index contributed by atoms with van der Waals surface area (Å²) in [6.07, 6.45) is 6.42. The maximum Gasteiger partial charge on any atom is 0.118 e. The molecule has 1 unspecified atom stereocenters. The SMILES string of the molecule is C#CC(Cc1ccccc1)n1nnc2ccccc21. The van der Waals surface area contributed by atoms with Gasteiger partial charge in [0, 0.05) is 6.42 Å². The molecule has 0 aliphatic carbocycles. The van der Waals surface area contributed by atoms with Gasteiger partial charge < -0.3 is 0 Å². The summed E-state index contributed by atoms with van der Waals surface area (Å²) in [6, 6.07) is 17.9. The number of para-hydroxylation sites is 1. The third-order valence-electron chi connectivity index (χ3n) is 3.14. The van der Waals surface area contributed by atoms with Crippen LogP contribution in [0.15, 0.2) is 54.6 Å². The van der Waals surface area contributed by atoms with E-state index in [0.717, 1.165) is 17.5 Å². The zero-order valence-electron chi connectivity index (χ0n) is 10.4. The molecule has 0 amide bonds. The number of aromatic nitrogens is 3. The number of hydrogen-bond acceptors (Lipinski definition) is 2. The molecule has 0 aliphatic heterocycles. The topological polar surface area (TPSA) is 30.7 Å². The third-order valence-corrected chi connectivity index (χ3v) is 3.14. The number of nitrogens with zero attached hydrogens (tertiary/aromatic N) is 3. The molecule has 19 heavy (non-hydrogen) atoms. The van der Waals surface area contributed by atoms with Crippen LogP contribution in [-0.4, -0.2) is 15.0 Å². The highest BCUT2D eigenvalue weighted by atomic mass is 15.4. The summed E-state index contributed by atoms with van der Waals surface area (Å²) in [5.41, 5.74) is 3.04. The quantitative estimate of drug-likeness (QED) is 0.666. The van der Waals surface area contributed by atoms with E-state index in [2.05, 4.69) is 28.4 Å². The molecule has 3 nitrogen and oxygen atoms in total. The first-order valence-corrected chi connectivity index (χ1v) is 6.18. The Labute approximate surface area is 111 Å². The summed E-state index contributed by atoms with van der Waals surface area (Å²) in [5, 5.41) is 8.33. The van der Waals surface area contributed by atoms with E-state index in [1.54, 1.807) is 0 Å². The minimum atomic E-state index is -0.116. The molecule has 0 spiro atoms. The van der Waals surface area contributed by atoms with Gasteiger partial charge in [-0.25, -0.2) is 4.68 Å². The van der Waals surface area contributed by atoms with Crippen molar-refractivity contribution in [2.45, 2.75) is 12.5 Å². The number of hydrogen-bond donors (Lipinski definition) is 0. The lowest BCUT2D eigenvalue weighted by atomic mass is 10.1.